The SMILES string of the molecule is CC(C)N(Cc1ccc(CO)cc1)Cc1cccs1. The Hall–Kier alpha value is -1.16. The molecule has 0 spiro atoms. The van der Waals surface area contributed by atoms with E-state index in [1.807, 2.05) is 23.5 Å². The van der Waals surface area contributed by atoms with Gasteiger partial charge in [0.2, 0.25) is 0 Å². The lowest BCUT2D eigenvalue weighted by atomic mass is 10.1. The Morgan fingerprint density at radius 3 is 2.26 bits per heavy atom. The van der Waals surface area contributed by atoms with Gasteiger partial charge in [0.1, 0.15) is 0 Å². The van der Waals surface area contributed by atoms with Crippen molar-refractivity contribution in [3.63, 3.8) is 0 Å². The Bertz CT molecular complexity index is 476. The summed E-state index contributed by atoms with van der Waals surface area (Å²) in [6.45, 7) is 6.52. The highest BCUT2D eigenvalue weighted by atomic mass is 32.1. The molecule has 2 rings (SSSR count). The lowest BCUT2D eigenvalue weighted by molar-refractivity contribution is 0.205. The highest BCUT2D eigenvalue weighted by Crippen LogP contribution is 2.17. The Morgan fingerprint density at radius 2 is 1.74 bits per heavy atom. The molecule has 0 amide bonds. The summed E-state index contributed by atoms with van der Waals surface area (Å²) in [4.78, 5) is 3.86. The lowest BCUT2D eigenvalue weighted by Gasteiger charge is -2.26. The number of rotatable bonds is 6. The summed E-state index contributed by atoms with van der Waals surface area (Å²) < 4.78 is 0. The van der Waals surface area contributed by atoms with Crippen LogP contribution < -0.4 is 0 Å². The van der Waals surface area contributed by atoms with Crippen LogP contribution in [0.25, 0.3) is 0 Å². The highest BCUT2D eigenvalue weighted by Gasteiger charge is 2.11. The maximum atomic E-state index is 9.06. The summed E-state index contributed by atoms with van der Waals surface area (Å²) in [5, 5.41) is 11.2. The molecule has 0 atom stereocenters. The standard InChI is InChI=1S/C16H21NOS/c1-13(2)17(11-16-4-3-9-19-16)10-14-5-7-15(12-18)8-6-14/h3-9,13,18H,10-12H2,1-2H3. The highest BCUT2D eigenvalue weighted by molar-refractivity contribution is 7.09. The molecular weight excluding hydrogens is 254 g/mol. The van der Waals surface area contributed by atoms with E-state index < -0.39 is 0 Å². The number of hydrogen-bond acceptors (Lipinski definition) is 3. The zero-order valence-electron chi connectivity index (χ0n) is 11.5. The molecule has 0 fully saturated rings. The minimum atomic E-state index is 0.114. The van der Waals surface area contributed by atoms with Gasteiger partial charge in [0.25, 0.3) is 0 Å². The molecule has 0 aliphatic rings. The predicted molar refractivity (Wildman–Crippen MR) is 81.1 cm³/mol. The van der Waals surface area contributed by atoms with Crippen molar-refractivity contribution >= 4 is 11.3 Å². The van der Waals surface area contributed by atoms with Gasteiger partial charge in [-0.15, -0.1) is 11.3 Å². The molecule has 0 saturated heterocycles. The van der Waals surface area contributed by atoms with Crippen LogP contribution in [-0.4, -0.2) is 16.0 Å². The summed E-state index contributed by atoms with van der Waals surface area (Å²) in [6, 6.07) is 13.0. The second kappa shape index (κ2) is 6.85. The van der Waals surface area contributed by atoms with Crippen LogP contribution >= 0.6 is 11.3 Å². The van der Waals surface area contributed by atoms with E-state index in [4.69, 9.17) is 5.11 Å². The van der Waals surface area contributed by atoms with Gasteiger partial charge in [-0.25, -0.2) is 0 Å². The predicted octanol–water partition coefficient (Wildman–Crippen LogP) is 3.65. The maximum Gasteiger partial charge on any atom is 0.0681 e. The fraction of sp³-hybridized carbons (Fsp3) is 0.375. The van der Waals surface area contributed by atoms with Gasteiger partial charge in [-0.05, 0) is 36.4 Å². The van der Waals surface area contributed by atoms with Crippen molar-refractivity contribution in [3.8, 4) is 0 Å². The van der Waals surface area contributed by atoms with E-state index in [1.54, 1.807) is 0 Å². The van der Waals surface area contributed by atoms with E-state index >= 15 is 0 Å². The van der Waals surface area contributed by atoms with Crippen molar-refractivity contribution in [2.24, 2.45) is 0 Å². The molecule has 2 aromatic rings. The third-order valence-corrected chi connectivity index (χ3v) is 4.12. The largest absolute Gasteiger partial charge is 0.392 e. The fourth-order valence-corrected chi connectivity index (χ4v) is 2.74. The van der Waals surface area contributed by atoms with Crippen molar-refractivity contribution < 1.29 is 5.11 Å². The molecule has 0 bridgehead atoms. The van der Waals surface area contributed by atoms with E-state index in [0.29, 0.717) is 6.04 Å². The normalized spacial score (nSPS) is 11.4. The van der Waals surface area contributed by atoms with Crippen LogP contribution in [0.15, 0.2) is 41.8 Å². The lowest BCUT2D eigenvalue weighted by Crippen LogP contribution is -2.29. The van der Waals surface area contributed by atoms with Gasteiger partial charge in [0.05, 0.1) is 6.61 Å². The Morgan fingerprint density at radius 1 is 1.05 bits per heavy atom. The fourth-order valence-electron chi connectivity index (χ4n) is 2.01. The number of benzene rings is 1. The summed E-state index contributed by atoms with van der Waals surface area (Å²) in [6.07, 6.45) is 0. The zero-order valence-corrected chi connectivity index (χ0v) is 12.4. The summed E-state index contributed by atoms with van der Waals surface area (Å²) in [5.74, 6) is 0. The summed E-state index contributed by atoms with van der Waals surface area (Å²) in [7, 11) is 0. The molecule has 1 aromatic carbocycles. The monoisotopic (exact) mass is 275 g/mol. The Labute approximate surface area is 119 Å². The molecule has 0 aliphatic carbocycles. The van der Waals surface area contributed by atoms with Crippen LogP contribution in [0.1, 0.15) is 29.9 Å². The second-order valence-corrected chi connectivity index (χ2v) is 6.08. The number of thiophene rings is 1. The minimum absolute atomic E-state index is 0.114. The van der Waals surface area contributed by atoms with Crippen molar-refractivity contribution in [3.05, 3.63) is 57.8 Å². The van der Waals surface area contributed by atoms with Crippen molar-refractivity contribution in [1.82, 2.24) is 4.90 Å². The molecule has 102 valence electrons. The van der Waals surface area contributed by atoms with Crippen molar-refractivity contribution in [2.75, 3.05) is 0 Å². The molecule has 2 nitrogen and oxygen atoms in total. The van der Waals surface area contributed by atoms with Crippen molar-refractivity contribution in [1.29, 1.82) is 0 Å². The molecule has 0 unspecified atom stereocenters. The Kier molecular flexibility index (Phi) is 5.14. The average Bonchev–Trinajstić information content (AvgIpc) is 2.91. The first-order chi connectivity index (χ1) is 9.19. The van der Waals surface area contributed by atoms with Crippen LogP contribution in [0.5, 0.6) is 0 Å². The molecule has 1 N–H and O–H groups in total. The van der Waals surface area contributed by atoms with Gasteiger partial charge in [-0.2, -0.15) is 0 Å². The van der Waals surface area contributed by atoms with E-state index in [0.717, 1.165) is 18.7 Å². The first-order valence-electron chi connectivity index (χ1n) is 6.64. The van der Waals surface area contributed by atoms with Gasteiger partial charge in [0, 0.05) is 24.0 Å². The summed E-state index contributed by atoms with van der Waals surface area (Å²) in [5.41, 5.74) is 2.26. The van der Waals surface area contributed by atoms with Gasteiger partial charge in [-0.1, -0.05) is 30.3 Å². The summed E-state index contributed by atoms with van der Waals surface area (Å²) >= 11 is 1.81. The first-order valence-corrected chi connectivity index (χ1v) is 7.52. The molecule has 0 radical (unpaired) electrons. The van der Waals surface area contributed by atoms with Gasteiger partial charge >= 0.3 is 0 Å². The third kappa shape index (κ3) is 4.16. The van der Waals surface area contributed by atoms with Crippen molar-refractivity contribution in [2.45, 2.75) is 39.6 Å². The van der Waals surface area contributed by atoms with Crippen LogP contribution in [0.2, 0.25) is 0 Å². The quantitative estimate of drug-likeness (QED) is 0.870. The van der Waals surface area contributed by atoms with Gasteiger partial charge in [-0.3, -0.25) is 4.90 Å². The van der Waals surface area contributed by atoms with Crippen LogP contribution in [0, 0.1) is 0 Å². The molecule has 0 aliphatic heterocycles. The molecule has 19 heavy (non-hydrogen) atoms. The minimum Gasteiger partial charge on any atom is -0.392 e. The average molecular weight is 275 g/mol. The zero-order chi connectivity index (χ0) is 13.7. The number of aliphatic hydroxyl groups excluding tert-OH is 1. The van der Waals surface area contributed by atoms with Crippen LogP contribution in [-0.2, 0) is 19.7 Å². The maximum absolute atomic E-state index is 9.06. The smallest absolute Gasteiger partial charge is 0.0681 e. The van der Waals surface area contributed by atoms with E-state index in [9.17, 15) is 0 Å². The Balaban J connectivity index is 2.03. The number of nitrogens with zero attached hydrogens (tertiary/aromatic N) is 1. The molecule has 1 aromatic heterocycles. The first kappa shape index (κ1) is 14.3. The van der Waals surface area contributed by atoms with Crippen LogP contribution in [0.4, 0.5) is 0 Å². The van der Waals surface area contributed by atoms with Gasteiger partial charge in [0.15, 0.2) is 0 Å². The number of hydrogen-bond donors (Lipinski definition) is 1. The third-order valence-electron chi connectivity index (χ3n) is 3.26. The molecule has 3 heteroatoms. The molecule has 1 heterocycles. The molecular formula is C16H21NOS. The van der Waals surface area contributed by atoms with Crippen LogP contribution in [0.3, 0.4) is 0 Å². The van der Waals surface area contributed by atoms with E-state index in [-0.39, 0.29) is 6.61 Å². The van der Waals surface area contributed by atoms with Gasteiger partial charge < -0.3 is 5.11 Å². The number of aliphatic hydroxyl groups is 1. The second-order valence-electron chi connectivity index (χ2n) is 5.05. The van der Waals surface area contributed by atoms with E-state index in [1.165, 1.54) is 10.4 Å². The molecule has 0 saturated carbocycles. The topological polar surface area (TPSA) is 23.5 Å². The van der Waals surface area contributed by atoms with E-state index in [2.05, 4.69) is 48.4 Å².